The summed E-state index contributed by atoms with van der Waals surface area (Å²) in [6, 6.07) is 13.6. The molecule has 0 fully saturated rings. The summed E-state index contributed by atoms with van der Waals surface area (Å²) in [5, 5.41) is 13.0. The zero-order chi connectivity index (χ0) is 18.1. The molecule has 2 atom stereocenters. The van der Waals surface area contributed by atoms with Crippen molar-refractivity contribution < 1.29 is 4.92 Å². The van der Waals surface area contributed by atoms with Gasteiger partial charge in [0.05, 0.1) is 11.6 Å². The number of nitrogens with zero attached hydrogens (tertiary/aromatic N) is 2. The van der Waals surface area contributed by atoms with Gasteiger partial charge in [0.1, 0.15) is 0 Å². The summed E-state index contributed by atoms with van der Waals surface area (Å²) < 4.78 is 0. The fraction of sp³-hybridized carbons (Fsp3) is 0.211. The van der Waals surface area contributed by atoms with Crippen molar-refractivity contribution in [1.29, 1.82) is 0 Å². The Balaban J connectivity index is 2.22. The van der Waals surface area contributed by atoms with Crippen LogP contribution in [0.5, 0.6) is 0 Å². The highest BCUT2D eigenvalue weighted by molar-refractivity contribution is 6.30. The molecule has 1 aliphatic heterocycles. The number of rotatable bonds is 3. The van der Waals surface area contributed by atoms with Crippen molar-refractivity contribution in [1.82, 2.24) is 0 Å². The van der Waals surface area contributed by atoms with Crippen molar-refractivity contribution in [3.63, 3.8) is 0 Å². The van der Waals surface area contributed by atoms with E-state index in [0.29, 0.717) is 15.8 Å². The van der Waals surface area contributed by atoms with Crippen LogP contribution in [0.15, 0.2) is 59.2 Å². The summed E-state index contributed by atoms with van der Waals surface area (Å²) in [7, 11) is 0. The second-order valence-electron chi connectivity index (χ2n) is 6.02. The van der Waals surface area contributed by atoms with E-state index in [0.717, 1.165) is 22.4 Å². The van der Waals surface area contributed by atoms with Crippen LogP contribution in [0.25, 0.3) is 5.57 Å². The molecule has 1 aliphatic rings. The fourth-order valence-electron chi connectivity index (χ4n) is 3.33. The molecule has 0 saturated heterocycles. The van der Waals surface area contributed by atoms with Crippen LogP contribution in [0.3, 0.4) is 0 Å². The smallest absolute Gasteiger partial charge is 0.261 e. The van der Waals surface area contributed by atoms with Gasteiger partial charge < -0.3 is 0 Å². The highest BCUT2D eigenvalue weighted by Gasteiger charge is 2.42. The maximum Gasteiger partial charge on any atom is 0.261 e. The van der Waals surface area contributed by atoms with E-state index in [9.17, 15) is 10.1 Å². The van der Waals surface area contributed by atoms with Gasteiger partial charge in [-0.1, -0.05) is 47.5 Å². The normalized spacial score (nSPS) is 20.4. The van der Waals surface area contributed by atoms with Crippen molar-refractivity contribution in [3.8, 4) is 0 Å². The van der Waals surface area contributed by atoms with Crippen molar-refractivity contribution in [2.24, 2.45) is 4.99 Å². The fourth-order valence-corrected chi connectivity index (χ4v) is 3.58. The second kappa shape index (κ2) is 6.98. The zero-order valence-corrected chi connectivity index (χ0v) is 15.3. The van der Waals surface area contributed by atoms with Crippen molar-refractivity contribution in [2.75, 3.05) is 0 Å². The molecule has 0 saturated carbocycles. The van der Waals surface area contributed by atoms with Crippen LogP contribution in [-0.2, 0) is 0 Å². The summed E-state index contributed by atoms with van der Waals surface area (Å²) in [5.74, 6) is -0.439. The first-order chi connectivity index (χ1) is 11.9. The molecule has 0 bridgehead atoms. The zero-order valence-electron chi connectivity index (χ0n) is 13.7. The van der Waals surface area contributed by atoms with E-state index in [1.165, 1.54) is 0 Å². The van der Waals surface area contributed by atoms with Crippen LogP contribution in [0, 0.1) is 10.1 Å². The highest BCUT2D eigenvalue weighted by Crippen LogP contribution is 2.42. The standard InChI is InChI=1S/C19H16Cl2N2O2/c1-11-17(13-3-7-15(20)8-4-13)18(14-5-9-16(21)10-6-14)19(23(24)25)12(2)22-11/h3-10,18-19H,1-2H3. The van der Waals surface area contributed by atoms with Gasteiger partial charge in [0.15, 0.2) is 0 Å². The van der Waals surface area contributed by atoms with Crippen LogP contribution in [-0.4, -0.2) is 16.7 Å². The van der Waals surface area contributed by atoms with Crippen LogP contribution >= 0.6 is 23.2 Å². The molecule has 4 nitrogen and oxygen atoms in total. The van der Waals surface area contributed by atoms with Crippen LogP contribution in [0.2, 0.25) is 10.0 Å². The van der Waals surface area contributed by atoms with E-state index in [4.69, 9.17) is 23.2 Å². The first-order valence-electron chi connectivity index (χ1n) is 7.79. The molecular formula is C19H16Cl2N2O2. The van der Waals surface area contributed by atoms with E-state index < -0.39 is 12.0 Å². The molecule has 2 aromatic rings. The number of benzene rings is 2. The molecule has 0 aliphatic carbocycles. The maximum absolute atomic E-state index is 11.8. The minimum absolute atomic E-state index is 0.263. The van der Waals surface area contributed by atoms with Gasteiger partial charge in [-0.15, -0.1) is 0 Å². The van der Waals surface area contributed by atoms with Gasteiger partial charge in [-0.05, 0) is 54.8 Å². The largest absolute Gasteiger partial charge is 0.264 e. The van der Waals surface area contributed by atoms with E-state index in [2.05, 4.69) is 4.99 Å². The SMILES string of the molecule is CC1=NC(C)=C(c2ccc(Cl)cc2)C(c2ccc(Cl)cc2)C1[N+](=O)[O-]. The number of aliphatic imine (C=N–C) groups is 1. The molecule has 6 heteroatoms. The van der Waals surface area contributed by atoms with E-state index in [-0.39, 0.29) is 4.92 Å². The summed E-state index contributed by atoms with van der Waals surface area (Å²) in [6.07, 6.45) is 0. The molecule has 25 heavy (non-hydrogen) atoms. The topological polar surface area (TPSA) is 55.5 Å². The van der Waals surface area contributed by atoms with Crippen molar-refractivity contribution in [3.05, 3.63) is 85.5 Å². The third kappa shape index (κ3) is 3.46. The number of nitro groups is 1. The van der Waals surface area contributed by atoms with Gasteiger partial charge in [0.25, 0.3) is 6.04 Å². The summed E-state index contributed by atoms with van der Waals surface area (Å²) >= 11 is 12.0. The van der Waals surface area contributed by atoms with Gasteiger partial charge in [0.2, 0.25) is 0 Å². The number of halogens is 2. The van der Waals surface area contributed by atoms with Gasteiger partial charge in [-0.3, -0.25) is 15.1 Å². The first kappa shape index (κ1) is 17.6. The molecule has 2 aromatic carbocycles. The molecule has 0 radical (unpaired) electrons. The lowest BCUT2D eigenvalue weighted by Gasteiger charge is -2.29. The molecule has 0 amide bonds. The van der Waals surface area contributed by atoms with Crippen molar-refractivity contribution >= 4 is 34.5 Å². The Hall–Kier alpha value is -2.17. The Morgan fingerprint density at radius 2 is 1.48 bits per heavy atom. The van der Waals surface area contributed by atoms with Gasteiger partial charge in [0, 0.05) is 20.7 Å². The molecular weight excluding hydrogens is 359 g/mol. The molecule has 0 N–H and O–H groups in total. The third-order valence-electron chi connectivity index (χ3n) is 4.40. The Labute approximate surface area is 156 Å². The van der Waals surface area contributed by atoms with Crippen molar-refractivity contribution in [2.45, 2.75) is 25.8 Å². The molecule has 128 valence electrons. The maximum atomic E-state index is 11.8. The highest BCUT2D eigenvalue weighted by atomic mass is 35.5. The van der Waals surface area contributed by atoms with E-state index in [1.807, 2.05) is 31.2 Å². The summed E-state index contributed by atoms with van der Waals surface area (Å²) in [5.41, 5.74) is 3.83. The molecule has 0 spiro atoms. The number of hydrogen-bond donors (Lipinski definition) is 0. The lowest BCUT2D eigenvalue weighted by atomic mass is 9.77. The minimum atomic E-state index is -0.921. The Morgan fingerprint density at radius 1 is 0.960 bits per heavy atom. The predicted molar refractivity (Wildman–Crippen MR) is 102 cm³/mol. The van der Waals surface area contributed by atoms with Gasteiger partial charge in [-0.25, -0.2) is 0 Å². The minimum Gasteiger partial charge on any atom is -0.264 e. The van der Waals surface area contributed by atoms with Crippen LogP contribution < -0.4 is 0 Å². The molecule has 3 rings (SSSR count). The lowest BCUT2D eigenvalue weighted by molar-refractivity contribution is -0.504. The summed E-state index contributed by atoms with van der Waals surface area (Å²) in [6.45, 7) is 3.59. The van der Waals surface area contributed by atoms with E-state index in [1.54, 1.807) is 31.2 Å². The Bertz CT molecular complexity index is 871. The monoisotopic (exact) mass is 374 g/mol. The third-order valence-corrected chi connectivity index (χ3v) is 4.90. The molecule has 1 heterocycles. The first-order valence-corrected chi connectivity index (χ1v) is 8.55. The lowest BCUT2D eigenvalue weighted by Crippen LogP contribution is -2.37. The average molecular weight is 375 g/mol. The Morgan fingerprint density at radius 3 is 2.00 bits per heavy atom. The van der Waals surface area contributed by atoms with Crippen LogP contribution in [0.4, 0.5) is 0 Å². The average Bonchev–Trinajstić information content (AvgIpc) is 2.56. The quantitative estimate of drug-likeness (QED) is 0.516. The molecule has 2 unspecified atom stereocenters. The number of allylic oxidation sites excluding steroid dienone is 1. The van der Waals surface area contributed by atoms with Crippen LogP contribution in [0.1, 0.15) is 30.9 Å². The van der Waals surface area contributed by atoms with E-state index >= 15 is 0 Å². The van der Waals surface area contributed by atoms with Gasteiger partial charge >= 0.3 is 0 Å². The number of hydrogen-bond acceptors (Lipinski definition) is 3. The van der Waals surface area contributed by atoms with Gasteiger partial charge in [-0.2, -0.15) is 0 Å². The predicted octanol–water partition coefficient (Wildman–Crippen LogP) is 5.63. The summed E-state index contributed by atoms with van der Waals surface area (Å²) in [4.78, 5) is 16.0. The Kier molecular flexibility index (Phi) is 4.93. The second-order valence-corrected chi connectivity index (χ2v) is 6.89. The molecule has 0 aromatic heterocycles.